The zero-order valence-corrected chi connectivity index (χ0v) is 16.6. The molecule has 0 bridgehead atoms. The van der Waals surface area contributed by atoms with Gasteiger partial charge in [-0.25, -0.2) is 9.59 Å². The van der Waals surface area contributed by atoms with Crippen molar-refractivity contribution >= 4 is 12.0 Å². The maximum absolute atomic E-state index is 11.9. The van der Waals surface area contributed by atoms with Crippen LogP contribution in [0.15, 0.2) is 4.99 Å². The molecule has 0 spiro atoms. The average molecular weight is 356 g/mol. The Bertz CT molecular complexity index is 384. The van der Waals surface area contributed by atoms with Crippen molar-refractivity contribution in [1.29, 1.82) is 0 Å². The molecule has 5 nitrogen and oxygen atoms in total. The number of nitrogens with zero attached hydrogens (tertiary/aromatic N) is 1. The molecule has 1 atom stereocenters. The van der Waals surface area contributed by atoms with Crippen molar-refractivity contribution in [2.24, 2.45) is 4.99 Å². The average Bonchev–Trinajstić information content (AvgIpc) is 2.55. The van der Waals surface area contributed by atoms with Gasteiger partial charge in [0, 0.05) is 0 Å². The lowest BCUT2D eigenvalue weighted by atomic mass is 10.1. The Morgan fingerprint density at radius 3 is 1.96 bits per heavy atom. The number of carbonyl (C=O) groups excluding carboxylic acids is 2. The van der Waals surface area contributed by atoms with Crippen LogP contribution in [0.1, 0.15) is 91.9 Å². The predicted molar refractivity (Wildman–Crippen MR) is 100 cm³/mol. The lowest BCUT2D eigenvalue weighted by Crippen LogP contribution is -2.31. The van der Waals surface area contributed by atoms with Gasteiger partial charge in [-0.2, -0.15) is 4.99 Å². The van der Waals surface area contributed by atoms with Crippen molar-refractivity contribution in [2.75, 3.05) is 13.2 Å². The Morgan fingerprint density at radius 1 is 0.960 bits per heavy atom. The molecule has 5 heteroatoms. The van der Waals surface area contributed by atoms with E-state index in [4.69, 9.17) is 9.47 Å². The lowest BCUT2D eigenvalue weighted by molar-refractivity contribution is -0.148. The summed E-state index contributed by atoms with van der Waals surface area (Å²) in [6.45, 7) is 8.28. The first-order valence-electron chi connectivity index (χ1n) is 9.78. The van der Waals surface area contributed by atoms with Gasteiger partial charge in [-0.15, -0.1) is 0 Å². The molecule has 0 rings (SSSR count). The van der Waals surface area contributed by atoms with Gasteiger partial charge in [-0.1, -0.05) is 64.7 Å². The Hall–Kier alpha value is -1.19. The number of ether oxygens (including phenoxy) is 2. The number of aliphatic imine (C=N–C) groups is 1. The minimum absolute atomic E-state index is 0.0373. The second-order valence-electron chi connectivity index (χ2n) is 7.51. The number of hydrogen-bond donors (Lipinski definition) is 0. The first kappa shape index (κ1) is 23.8. The molecule has 0 aliphatic carbocycles. The van der Waals surface area contributed by atoms with Crippen LogP contribution in [0, 0.1) is 0 Å². The molecule has 0 fully saturated rings. The summed E-state index contributed by atoms with van der Waals surface area (Å²) < 4.78 is 10.7. The first-order valence-corrected chi connectivity index (χ1v) is 9.78. The molecule has 0 saturated heterocycles. The number of rotatable bonds is 15. The first-order chi connectivity index (χ1) is 11.9. The number of esters is 1. The summed E-state index contributed by atoms with van der Waals surface area (Å²) in [6, 6.07) is -0.917. The zero-order valence-electron chi connectivity index (χ0n) is 16.6. The van der Waals surface area contributed by atoms with Crippen molar-refractivity contribution < 1.29 is 19.1 Å². The van der Waals surface area contributed by atoms with Crippen LogP contribution < -0.4 is 0 Å². The fourth-order valence-corrected chi connectivity index (χ4v) is 2.41. The van der Waals surface area contributed by atoms with Crippen LogP contribution in [-0.2, 0) is 19.1 Å². The van der Waals surface area contributed by atoms with Crippen molar-refractivity contribution in [3.05, 3.63) is 0 Å². The minimum Gasteiger partial charge on any atom is -0.464 e. The van der Waals surface area contributed by atoms with Gasteiger partial charge in [0.05, 0.1) is 18.8 Å². The van der Waals surface area contributed by atoms with Gasteiger partial charge in [-0.3, -0.25) is 0 Å². The predicted octanol–water partition coefficient (Wildman–Crippen LogP) is 4.97. The Balaban J connectivity index is 3.70. The summed E-state index contributed by atoms with van der Waals surface area (Å²) >= 11 is 0. The molecule has 0 aromatic heterocycles. The van der Waals surface area contributed by atoms with Crippen molar-refractivity contribution in [3.63, 3.8) is 0 Å². The summed E-state index contributed by atoms with van der Waals surface area (Å²) in [5, 5.41) is 0. The van der Waals surface area contributed by atoms with Gasteiger partial charge in [-0.05, 0) is 27.2 Å². The highest BCUT2D eigenvalue weighted by molar-refractivity contribution is 5.77. The van der Waals surface area contributed by atoms with Crippen molar-refractivity contribution in [3.8, 4) is 0 Å². The summed E-state index contributed by atoms with van der Waals surface area (Å²) in [5.41, 5.74) is -0.395. The fraction of sp³-hybridized carbons (Fsp3) is 0.900. The standard InChI is InChI=1S/C20H37NO4/c1-5-6-7-8-9-10-11-12-13-14-15-24-19(23)18(21-17-22)16-25-20(2,3)4/h18H,5-16H2,1-4H3/t18-/m0/s1. The van der Waals surface area contributed by atoms with E-state index in [9.17, 15) is 9.59 Å². The molecule has 0 saturated carbocycles. The van der Waals surface area contributed by atoms with Gasteiger partial charge >= 0.3 is 5.97 Å². The largest absolute Gasteiger partial charge is 0.464 e. The van der Waals surface area contributed by atoms with Crippen LogP contribution >= 0.6 is 0 Å². The highest BCUT2D eigenvalue weighted by Crippen LogP contribution is 2.11. The minimum atomic E-state index is -0.917. The van der Waals surface area contributed by atoms with Crippen LogP contribution in [0.2, 0.25) is 0 Å². The van der Waals surface area contributed by atoms with E-state index >= 15 is 0 Å². The third kappa shape index (κ3) is 16.0. The maximum atomic E-state index is 11.9. The highest BCUT2D eigenvalue weighted by atomic mass is 16.5. The van der Waals surface area contributed by atoms with Gasteiger partial charge < -0.3 is 9.47 Å². The number of isocyanates is 1. The summed E-state index contributed by atoms with van der Waals surface area (Å²) in [4.78, 5) is 25.9. The van der Waals surface area contributed by atoms with Crippen LogP contribution in [0.25, 0.3) is 0 Å². The molecular formula is C20H37NO4. The summed E-state index contributed by atoms with van der Waals surface area (Å²) in [6.07, 6.45) is 13.7. The normalized spacial score (nSPS) is 12.5. The third-order valence-electron chi connectivity index (χ3n) is 3.90. The second-order valence-corrected chi connectivity index (χ2v) is 7.51. The van der Waals surface area contributed by atoms with E-state index in [0.29, 0.717) is 6.61 Å². The molecule has 0 heterocycles. The molecule has 0 aliphatic heterocycles. The Labute approximate surface area is 153 Å². The molecule has 0 aromatic carbocycles. The molecule has 0 aromatic rings. The second kappa shape index (κ2) is 15.1. The topological polar surface area (TPSA) is 65.0 Å². The van der Waals surface area contributed by atoms with Gasteiger partial charge in [0.2, 0.25) is 6.08 Å². The van der Waals surface area contributed by atoms with E-state index in [-0.39, 0.29) is 6.61 Å². The van der Waals surface area contributed by atoms with Gasteiger partial charge in [0.1, 0.15) is 0 Å². The number of unbranched alkanes of at least 4 members (excludes halogenated alkanes) is 9. The van der Waals surface area contributed by atoms with E-state index in [1.54, 1.807) is 0 Å². The van der Waals surface area contributed by atoms with E-state index in [0.717, 1.165) is 12.8 Å². The summed E-state index contributed by atoms with van der Waals surface area (Å²) in [5.74, 6) is -0.511. The van der Waals surface area contributed by atoms with E-state index in [1.165, 1.54) is 57.4 Å². The lowest BCUT2D eigenvalue weighted by Gasteiger charge is -2.21. The van der Waals surface area contributed by atoms with Gasteiger partial charge in [0.25, 0.3) is 0 Å². The van der Waals surface area contributed by atoms with E-state index in [1.807, 2.05) is 20.8 Å². The molecule has 0 aliphatic rings. The quantitative estimate of drug-likeness (QED) is 0.180. The third-order valence-corrected chi connectivity index (χ3v) is 3.90. The zero-order chi connectivity index (χ0) is 19.0. The van der Waals surface area contributed by atoms with Crippen molar-refractivity contribution in [1.82, 2.24) is 0 Å². The fourth-order valence-electron chi connectivity index (χ4n) is 2.41. The number of hydrogen-bond acceptors (Lipinski definition) is 5. The van der Waals surface area contributed by atoms with Crippen LogP contribution in [0.5, 0.6) is 0 Å². The van der Waals surface area contributed by atoms with Crippen LogP contribution in [-0.4, -0.2) is 36.9 Å². The molecular weight excluding hydrogens is 318 g/mol. The highest BCUT2D eigenvalue weighted by Gasteiger charge is 2.22. The van der Waals surface area contributed by atoms with Crippen molar-refractivity contribution in [2.45, 2.75) is 104 Å². The molecule has 0 amide bonds. The maximum Gasteiger partial charge on any atom is 0.334 e. The molecule has 0 radical (unpaired) electrons. The van der Waals surface area contributed by atoms with Crippen LogP contribution in [0.3, 0.4) is 0 Å². The number of carbonyl (C=O) groups is 1. The van der Waals surface area contributed by atoms with E-state index in [2.05, 4.69) is 11.9 Å². The Morgan fingerprint density at radius 2 is 1.48 bits per heavy atom. The summed E-state index contributed by atoms with van der Waals surface area (Å²) in [7, 11) is 0. The SMILES string of the molecule is CCCCCCCCCCCCOC(=O)[C@H](COC(C)(C)C)N=C=O. The molecule has 25 heavy (non-hydrogen) atoms. The smallest absolute Gasteiger partial charge is 0.334 e. The Kier molecular flexibility index (Phi) is 14.4. The molecule has 146 valence electrons. The monoisotopic (exact) mass is 355 g/mol. The van der Waals surface area contributed by atoms with Crippen LogP contribution in [0.4, 0.5) is 0 Å². The van der Waals surface area contributed by atoms with Gasteiger partial charge in [0.15, 0.2) is 6.04 Å². The molecule has 0 unspecified atom stereocenters. The van der Waals surface area contributed by atoms with E-state index < -0.39 is 17.6 Å². The molecule has 0 N–H and O–H groups in total.